The molecule has 1 aliphatic rings. The highest BCUT2D eigenvalue weighted by molar-refractivity contribution is 7.09. The monoisotopic (exact) mass is 247 g/mol. The molecule has 0 spiro atoms. The number of carboxylic acid groups (broad SMARTS) is 1. The zero-order chi connectivity index (χ0) is 11.8. The van der Waals surface area contributed by atoms with Crippen LogP contribution in [-0.4, -0.2) is 22.0 Å². The molecule has 0 saturated heterocycles. The molecule has 0 aliphatic heterocycles. The molecule has 16 heavy (non-hydrogen) atoms. The second kappa shape index (κ2) is 3.76. The highest BCUT2D eigenvalue weighted by Gasteiger charge is 2.49. The van der Waals surface area contributed by atoms with Crippen molar-refractivity contribution in [1.82, 2.24) is 4.98 Å². The summed E-state index contributed by atoms with van der Waals surface area (Å²) in [7, 11) is 0. The fourth-order valence-electron chi connectivity index (χ4n) is 2.06. The molecular formula is C10H11F2NO2S. The third-order valence-electron chi connectivity index (χ3n) is 3.15. The summed E-state index contributed by atoms with van der Waals surface area (Å²) in [5, 5.41) is 9.26. The van der Waals surface area contributed by atoms with Crippen LogP contribution in [0, 0.1) is 0 Å². The zero-order valence-corrected chi connectivity index (χ0v) is 9.27. The van der Waals surface area contributed by atoms with Crippen LogP contribution in [0.25, 0.3) is 0 Å². The number of hydrogen-bond donors (Lipinski definition) is 1. The Morgan fingerprint density at radius 3 is 2.44 bits per heavy atom. The molecule has 1 heterocycles. The molecule has 0 aromatic carbocycles. The molecule has 0 bridgehead atoms. The molecule has 1 N–H and O–H groups in total. The Balaban J connectivity index is 2.30. The molecule has 2 rings (SSSR count). The lowest BCUT2D eigenvalue weighted by Gasteiger charge is -2.35. The predicted molar refractivity (Wildman–Crippen MR) is 54.8 cm³/mol. The Morgan fingerprint density at radius 1 is 1.38 bits per heavy atom. The summed E-state index contributed by atoms with van der Waals surface area (Å²) in [5.74, 6) is -3.74. The fourth-order valence-corrected chi connectivity index (χ4v) is 2.93. The van der Waals surface area contributed by atoms with Gasteiger partial charge >= 0.3 is 5.97 Å². The zero-order valence-electron chi connectivity index (χ0n) is 8.45. The van der Waals surface area contributed by atoms with E-state index in [1.807, 2.05) is 0 Å². The molecule has 0 radical (unpaired) electrons. The van der Waals surface area contributed by atoms with Crippen molar-refractivity contribution in [2.75, 3.05) is 0 Å². The van der Waals surface area contributed by atoms with Crippen LogP contribution in [0.2, 0.25) is 0 Å². The van der Waals surface area contributed by atoms with Crippen LogP contribution in [0.5, 0.6) is 0 Å². The number of halogens is 2. The van der Waals surface area contributed by atoms with Gasteiger partial charge in [-0.15, -0.1) is 11.3 Å². The van der Waals surface area contributed by atoms with Gasteiger partial charge in [-0.3, -0.25) is 9.78 Å². The highest BCUT2D eigenvalue weighted by atomic mass is 32.1. The number of nitrogens with zero attached hydrogens (tertiary/aromatic N) is 1. The summed E-state index contributed by atoms with van der Waals surface area (Å²) < 4.78 is 26.1. The second-order valence-corrected chi connectivity index (χ2v) is 5.00. The van der Waals surface area contributed by atoms with Crippen LogP contribution >= 0.6 is 11.3 Å². The normalized spacial score (nSPS) is 22.9. The van der Waals surface area contributed by atoms with E-state index < -0.39 is 17.3 Å². The van der Waals surface area contributed by atoms with Gasteiger partial charge < -0.3 is 5.11 Å². The van der Waals surface area contributed by atoms with Crippen LogP contribution in [0.1, 0.15) is 30.6 Å². The first-order valence-corrected chi connectivity index (χ1v) is 5.84. The molecule has 6 heteroatoms. The lowest BCUT2D eigenvalue weighted by Crippen LogP contribution is -2.42. The molecule has 1 saturated carbocycles. The Morgan fingerprint density at radius 2 is 2.00 bits per heavy atom. The number of alkyl halides is 2. The van der Waals surface area contributed by atoms with Gasteiger partial charge in [0.15, 0.2) is 0 Å². The van der Waals surface area contributed by atoms with Gasteiger partial charge in [0.2, 0.25) is 5.92 Å². The molecule has 1 aromatic rings. The topological polar surface area (TPSA) is 50.2 Å². The van der Waals surface area contributed by atoms with Crippen LogP contribution in [0.3, 0.4) is 0 Å². The van der Waals surface area contributed by atoms with E-state index in [0.29, 0.717) is 4.88 Å². The molecule has 88 valence electrons. The summed E-state index contributed by atoms with van der Waals surface area (Å²) in [6.07, 6.45) is 0.714. The first-order chi connectivity index (χ1) is 7.46. The molecule has 1 fully saturated rings. The summed E-state index contributed by atoms with van der Waals surface area (Å²) in [5.41, 5.74) is 0.385. The Labute approximate surface area is 95.1 Å². The highest BCUT2D eigenvalue weighted by Crippen LogP contribution is 2.46. The second-order valence-electron chi connectivity index (χ2n) is 4.11. The molecule has 0 unspecified atom stereocenters. The standard InChI is InChI=1S/C10H11F2NO2S/c11-10(12)3-1-9(2-4-10,8(14)15)7-5-13-6-16-7/h5-6H,1-4H2,(H,14,15). The van der Waals surface area contributed by atoms with E-state index >= 15 is 0 Å². The number of carbonyl (C=O) groups is 1. The Kier molecular flexibility index (Phi) is 2.69. The minimum Gasteiger partial charge on any atom is -0.481 e. The lowest BCUT2D eigenvalue weighted by atomic mass is 9.72. The van der Waals surface area contributed by atoms with E-state index in [2.05, 4.69) is 4.98 Å². The van der Waals surface area contributed by atoms with E-state index in [4.69, 9.17) is 0 Å². The van der Waals surface area contributed by atoms with E-state index in [1.165, 1.54) is 23.0 Å². The van der Waals surface area contributed by atoms with Gasteiger partial charge in [-0.1, -0.05) is 0 Å². The third-order valence-corrected chi connectivity index (χ3v) is 4.13. The van der Waals surface area contributed by atoms with Crippen molar-refractivity contribution in [2.24, 2.45) is 0 Å². The van der Waals surface area contributed by atoms with Crippen molar-refractivity contribution < 1.29 is 18.7 Å². The first kappa shape index (κ1) is 11.4. The largest absolute Gasteiger partial charge is 0.481 e. The summed E-state index contributed by atoms with van der Waals surface area (Å²) >= 11 is 1.22. The smallest absolute Gasteiger partial charge is 0.315 e. The third kappa shape index (κ3) is 1.81. The number of carboxylic acids is 1. The Bertz CT molecular complexity index is 382. The molecule has 1 aliphatic carbocycles. The SMILES string of the molecule is O=C(O)C1(c2cncs2)CCC(F)(F)CC1. The van der Waals surface area contributed by atoms with Crippen molar-refractivity contribution in [3.8, 4) is 0 Å². The minimum absolute atomic E-state index is 0.0163. The molecule has 0 atom stereocenters. The molecular weight excluding hydrogens is 236 g/mol. The summed E-state index contributed by atoms with van der Waals surface area (Å²) in [6.45, 7) is 0. The van der Waals surface area contributed by atoms with Crippen LogP contribution in [0.15, 0.2) is 11.7 Å². The maximum atomic E-state index is 13.0. The van der Waals surface area contributed by atoms with Crippen molar-refractivity contribution in [2.45, 2.75) is 37.0 Å². The maximum absolute atomic E-state index is 13.0. The van der Waals surface area contributed by atoms with Gasteiger partial charge in [-0.05, 0) is 12.8 Å². The summed E-state index contributed by atoms with van der Waals surface area (Å²) in [4.78, 5) is 15.7. The molecule has 1 aromatic heterocycles. The van der Waals surface area contributed by atoms with Gasteiger partial charge in [0.25, 0.3) is 0 Å². The Hall–Kier alpha value is -1.04. The van der Waals surface area contributed by atoms with Crippen molar-refractivity contribution in [3.05, 3.63) is 16.6 Å². The fraction of sp³-hybridized carbons (Fsp3) is 0.600. The first-order valence-electron chi connectivity index (χ1n) is 4.96. The van der Waals surface area contributed by atoms with Crippen molar-refractivity contribution in [1.29, 1.82) is 0 Å². The quantitative estimate of drug-likeness (QED) is 0.874. The van der Waals surface area contributed by atoms with Crippen molar-refractivity contribution in [3.63, 3.8) is 0 Å². The van der Waals surface area contributed by atoms with E-state index in [-0.39, 0.29) is 25.7 Å². The average Bonchev–Trinajstić information content (AvgIpc) is 2.71. The van der Waals surface area contributed by atoms with Crippen molar-refractivity contribution >= 4 is 17.3 Å². The number of hydrogen-bond acceptors (Lipinski definition) is 3. The van der Waals surface area contributed by atoms with E-state index in [1.54, 1.807) is 0 Å². The van der Waals surface area contributed by atoms with Crippen LogP contribution in [-0.2, 0) is 10.2 Å². The van der Waals surface area contributed by atoms with Gasteiger partial charge in [-0.25, -0.2) is 8.78 Å². The molecule has 0 amide bonds. The number of aliphatic carboxylic acids is 1. The average molecular weight is 247 g/mol. The number of thiazole rings is 1. The molecule has 3 nitrogen and oxygen atoms in total. The summed E-state index contributed by atoms with van der Waals surface area (Å²) in [6, 6.07) is 0. The maximum Gasteiger partial charge on any atom is 0.315 e. The van der Waals surface area contributed by atoms with Crippen LogP contribution < -0.4 is 0 Å². The van der Waals surface area contributed by atoms with E-state index in [0.717, 1.165) is 0 Å². The van der Waals surface area contributed by atoms with Gasteiger partial charge in [0.1, 0.15) is 5.41 Å². The number of rotatable bonds is 2. The van der Waals surface area contributed by atoms with Crippen LogP contribution in [0.4, 0.5) is 8.78 Å². The minimum atomic E-state index is -2.72. The lowest BCUT2D eigenvalue weighted by molar-refractivity contribution is -0.148. The van der Waals surface area contributed by atoms with Gasteiger partial charge in [0, 0.05) is 23.9 Å². The van der Waals surface area contributed by atoms with Gasteiger partial charge in [0.05, 0.1) is 5.51 Å². The number of aromatic nitrogens is 1. The van der Waals surface area contributed by atoms with Gasteiger partial charge in [-0.2, -0.15) is 0 Å². The predicted octanol–water partition coefficient (Wildman–Crippen LogP) is 2.67. The van der Waals surface area contributed by atoms with E-state index in [9.17, 15) is 18.7 Å².